The minimum atomic E-state index is -0.739. The van der Waals surface area contributed by atoms with Crippen LogP contribution < -0.4 is 0 Å². The van der Waals surface area contributed by atoms with Crippen LogP contribution in [0.25, 0.3) is 0 Å². The molecule has 0 bridgehead atoms. The van der Waals surface area contributed by atoms with Crippen LogP contribution in [0.1, 0.15) is 18.5 Å². The van der Waals surface area contributed by atoms with Gasteiger partial charge in [0.05, 0.1) is 6.54 Å². The first kappa shape index (κ1) is 12.1. The Kier molecular flexibility index (Phi) is 3.81. The lowest BCUT2D eigenvalue weighted by Gasteiger charge is -2.37. The van der Waals surface area contributed by atoms with Gasteiger partial charge in [-0.1, -0.05) is 0 Å². The average molecular weight is 237 g/mol. The van der Waals surface area contributed by atoms with Crippen molar-refractivity contribution in [1.82, 2.24) is 14.8 Å². The van der Waals surface area contributed by atoms with E-state index >= 15 is 0 Å². The van der Waals surface area contributed by atoms with Crippen LogP contribution in [-0.4, -0.2) is 58.6 Å². The number of H-pyrrole nitrogens is 1. The second kappa shape index (κ2) is 5.33. The highest BCUT2D eigenvalue weighted by atomic mass is 16.4. The third-order valence-corrected chi connectivity index (χ3v) is 3.42. The molecule has 94 valence electrons. The van der Waals surface area contributed by atoms with E-state index in [2.05, 4.69) is 22.9 Å². The Morgan fingerprint density at radius 1 is 1.47 bits per heavy atom. The normalized spacial score (nSPS) is 20.3. The summed E-state index contributed by atoms with van der Waals surface area (Å²) in [5.74, 6) is -0.739. The van der Waals surface area contributed by atoms with Gasteiger partial charge in [0.1, 0.15) is 0 Å². The number of rotatable bonds is 4. The molecule has 0 aliphatic carbocycles. The quantitative estimate of drug-likeness (QED) is 0.812. The van der Waals surface area contributed by atoms with Gasteiger partial charge in [0.25, 0.3) is 0 Å². The van der Waals surface area contributed by atoms with Crippen LogP contribution in [0, 0.1) is 0 Å². The van der Waals surface area contributed by atoms with Crippen molar-refractivity contribution in [2.24, 2.45) is 0 Å². The Balaban J connectivity index is 1.84. The van der Waals surface area contributed by atoms with Crippen LogP contribution in [-0.2, 0) is 4.79 Å². The van der Waals surface area contributed by atoms with Crippen molar-refractivity contribution in [2.75, 3.05) is 32.7 Å². The number of nitrogens with zero attached hydrogens (tertiary/aromatic N) is 2. The standard InChI is InChI=1S/C12H19N3O2/c1-10(11-2-3-13-8-11)15-6-4-14(5-7-15)9-12(16)17/h2-3,8,10,13H,4-7,9H2,1H3,(H,16,17). The zero-order valence-corrected chi connectivity index (χ0v) is 10.1. The Labute approximate surface area is 101 Å². The minimum Gasteiger partial charge on any atom is -0.480 e. The Bertz CT molecular complexity index is 356. The molecular formula is C12H19N3O2. The maximum atomic E-state index is 10.6. The molecule has 1 aliphatic rings. The van der Waals surface area contributed by atoms with E-state index in [1.165, 1.54) is 5.56 Å². The monoisotopic (exact) mass is 237 g/mol. The number of aliphatic carboxylic acids is 1. The van der Waals surface area contributed by atoms with Gasteiger partial charge in [0.15, 0.2) is 0 Å². The number of carboxylic acids is 1. The molecule has 1 aromatic rings. The van der Waals surface area contributed by atoms with Gasteiger partial charge in [-0.05, 0) is 18.6 Å². The van der Waals surface area contributed by atoms with Gasteiger partial charge in [-0.25, -0.2) is 0 Å². The largest absolute Gasteiger partial charge is 0.480 e. The van der Waals surface area contributed by atoms with Crippen LogP contribution in [0.3, 0.4) is 0 Å². The molecule has 1 fully saturated rings. The Morgan fingerprint density at radius 2 is 2.18 bits per heavy atom. The van der Waals surface area contributed by atoms with Gasteiger partial charge in [0, 0.05) is 44.6 Å². The molecule has 0 spiro atoms. The third-order valence-electron chi connectivity index (χ3n) is 3.42. The van der Waals surface area contributed by atoms with Crippen molar-refractivity contribution in [3.8, 4) is 0 Å². The molecule has 1 aliphatic heterocycles. The molecule has 0 aromatic carbocycles. The first-order chi connectivity index (χ1) is 8.16. The molecule has 2 N–H and O–H groups in total. The summed E-state index contributed by atoms with van der Waals surface area (Å²) in [7, 11) is 0. The number of nitrogens with one attached hydrogen (secondary N) is 1. The molecule has 5 heteroatoms. The molecule has 0 amide bonds. The van der Waals surface area contributed by atoms with Crippen LogP contribution in [0.4, 0.5) is 0 Å². The van der Waals surface area contributed by atoms with Crippen molar-refractivity contribution in [1.29, 1.82) is 0 Å². The van der Waals surface area contributed by atoms with E-state index in [0.717, 1.165) is 26.2 Å². The summed E-state index contributed by atoms with van der Waals surface area (Å²) < 4.78 is 0. The van der Waals surface area contributed by atoms with E-state index in [1.807, 2.05) is 17.3 Å². The smallest absolute Gasteiger partial charge is 0.317 e. The van der Waals surface area contributed by atoms with Crippen molar-refractivity contribution < 1.29 is 9.90 Å². The Morgan fingerprint density at radius 3 is 2.71 bits per heavy atom. The highest BCUT2D eigenvalue weighted by Crippen LogP contribution is 2.20. The predicted molar refractivity (Wildman–Crippen MR) is 64.9 cm³/mol. The fraction of sp³-hybridized carbons (Fsp3) is 0.583. The molecule has 5 nitrogen and oxygen atoms in total. The zero-order valence-electron chi connectivity index (χ0n) is 10.1. The SMILES string of the molecule is CC(c1cc[nH]c1)N1CCN(CC(=O)O)CC1. The number of aromatic nitrogens is 1. The minimum absolute atomic E-state index is 0.159. The number of piperazine rings is 1. The Hall–Kier alpha value is -1.33. The van der Waals surface area contributed by atoms with Crippen LogP contribution in [0.15, 0.2) is 18.5 Å². The lowest BCUT2D eigenvalue weighted by Crippen LogP contribution is -2.48. The molecule has 1 aromatic heterocycles. The fourth-order valence-corrected chi connectivity index (χ4v) is 2.31. The van der Waals surface area contributed by atoms with Crippen molar-refractivity contribution >= 4 is 5.97 Å². The third kappa shape index (κ3) is 3.08. The summed E-state index contributed by atoms with van der Waals surface area (Å²) in [5, 5.41) is 8.73. The van der Waals surface area contributed by atoms with Gasteiger partial charge >= 0.3 is 5.97 Å². The van der Waals surface area contributed by atoms with Gasteiger partial charge in [-0.15, -0.1) is 0 Å². The van der Waals surface area contributed by atoms with Crippen LogP contribution in [0.5, 0.6) is 0 Å². The summed E-state index contributed by atoms with van der Waals surface area (Å²) in [5.41, 5.74) is 1.29. The number of aromatic amines is 1. The maximum Gasteiger partial charge on any atom is 0.317 e. The summed E-state index contributed by atoms with van der Waals surface area (Å²) >= 11 is 0. The van der Waals surface area contributed by atoms with E-state index in [0.29, 0.717) is 6.04 Å². The van der Waals surface area contributed by atoms with Crippen molar-refractivity contribution in [3.63, 3.8) is 0 Å². The fourth-order valence-electron chi connectivity index (χ4n) is 2.31. The van der Waals surface area contributed by atoms with Crippen LogP contribution in [0.2, 0.25) is 0 Å². The number of carboxylic acid groups (broad SMARTS) is 1. The molecular weight excluding hydrogens is 218 g/mol. The lowest BCUT2D eigenvalue weighted by molar-refractivity contribution is -0.138. The molecule has 1 atom stereocenters. The number of carbonyl (C=O) groups is 1. The van der Waals surface area contributed by atoms with E-state index in [1.54, 1.807) is 0 Å². The second-order valence-corrected chi connectivity index (χ2v) is 4.53. The highest BCUT2D eigenvalue weighted by molar-refractivity contribution is 5.69. The molecule has 2 heterocycles. The maximum absolute atomic E-state index is 10.6. The predicted octanol–water partition coefficient (Wildman–Crippen LogP) is 0.778. The summed E-state index contributed by atoms with van der Waals surface area (Å²) in [6.45, 7) is 5.88. The van der Waals surface area contributed by atoms with Crippen molar-refractivity contribution in [3.05, 3.63) is 24.0 Å². The van der Waals surface area contributed by atoms with E-state index in [-0.39, 0.29) is 6.54 Å². The van der Waals surface area contributed by atoms with Gasteiger partial charge < -0.3 is 10.1 Å². The lowest BCUT2D eigenvalue weighted by atomic mass is 10.1. The van der Waals surface area contributed by atoms with Gasteiger partial charge in [-0.3, -0.25) is 14.6 Å². The summed E-state index contributed by atoms with van der Waals surface area (Å²) in [4.78, 5) is 18.1. The highest BCUT2D eigenvalue weighted by Gasteiger charge is 2.22. The first-order valence-corrected chi connectivity index (χ1v) is 5.97. The molecule has 2 rings (SSSR count). The molecule has 0 saturated carbocycles. The molecule has 17 heavy (non-hydrogen) atoms. The first-order valence-electron chi connectivity index (χ1n) is 5.97. The average Bonchev–Trinajstić information content (AvgIpc) is 2.82. The summed E-state index contributed by atoms with van der Waals surface area (Å²) in [6, 6.07) is 2.49. The van der Waals surface area contributed by atoms with E-state index in [9.17, 15) is 4.79 Å². The summed E-state index contributed by atoms with van der Waals surface area (Å²) in [6.07, 6.45) is 3.96. The second-order valence-electron chi connectivity index (χ2n) is 4.53. The molecule has 1 unspecified atom stereocenters. The number of hydrogen-bond donors (Lipinski definition) is 2. The van der Waals surface area contributed by atoms with Gasteiger partial charge in [0.2, 0.25) is 0 Å². The van der Waals surface area contributed by atoms with Crippen molar-refractivity contribution in [2.45, 2.75) is 13.0 Å². The molecule has 0 radical (unpaired) electrons. The zero-order chi connectivity index (χ0) is 12.3. The number of hydrogen-bond acceptors (Lipinski definition) is 3. The van der Waals surface area contributed by atoms with Crippen LogP contribution >= 0.6 is 0 Å². The van der Waals surface area contributed by atoms with E-state index in [4.69, 9.17) is 5.11 Å². The van der Waals surface area contributed by atoms with Gasteiger partial charge in [-0.2, -0.15) is 0 Å². The topological polar surface area (TPSA) is 59.6 Å². The molecule has 1 saturated heterocycles. The van der Waals surface area contributed by atoms with E-state index < -0.39 is 5.97 Å².